The number of carboxylic acid groups (broad SMARTS) is 1. The predicted molar refractivity (Wildman–Crippen MR) is 80.9 cm³/mol. The molecule has 1 heterocycles. The summed E-state index contributed by atoms with van der Waals surface area (Å²) in [4.78, 5) is 23.6. The van der Waals surface area contributed by atoms with Gasteiger partial charge in [0.1, 0.15) is 6.04 Å². The fourth-order valence-corrected chi connectivity index (χ4v) is 3.67. The van der Waals surface area contributed by atoms with Crippen LogP contribution in [0, 0.1) is 11.8 Å². The first-order chi connectivity index (χ1) is 9.97. The summed E-state index contributed by atoms with van der Waals surface area (Å²) in [6, 6.07) is -0.557. The molecule has 21 heavy (non-hydrogen) atoms. The van der Waals surface area contributed by atoms with Crippen molar-refractivity contribution in [3.63, 3.8) is 0 Å². The summed E-state index contributed by atoms with van der Waals surface area (Å²) in [7, 11) is 0. The minimum absolute atomic E-state index is 0.146. The van der Waals surface area contributed by atoms with Crippen molar-refractivity contribution in [2.45, 2.75) is 76.9 Å². The molecule has 1 amide bonds. The third-order valence-electron chi connectivity index (χ3n) is 4.79. The molecule has 2 rings (SSSR count). The van der Waals surface area contributed by atoms with E-state index in [1.807, 2.05) is 13.8 Å². The Bertz CT molecular complexity index is 384. The predicted octanol–water partition coefficient (Wildman–Crippen LogP) is 1.91. The van der Waals surface area contributed by atoms with E-state index in [1.54, 1.807) is 0 Å². The van der Waals surface area contributed by atoms with E-state index in [4.69, 9.17) is 0 Å². The number of carbonyl (C=O) groups excluding carboxylic acids is 1. The van der Waals surface area contributed by atoms with Crippen molar-refractivity contribution in [2.24, 2.45) is 11.8 Å². The molecule has 1 aliphatic carbocycles. The molecule has 5 nitrogen and oxygen atoms in total. The number of fused-ring (bicyclic) bond motifs is 1. The minimum Gasteiger partial charge on any atom is -0.480 e. The Morgan fingerprint density at radius 2 is 1.90 bits per heavy atom. The first kappa shape index (κ1) is 16.3. The molecular formula is C16H28N2O3. The molecule has 0 aromatic carbocycles. The molecule has 1 saturated carbocycles. The van der Waals surface area contributed by atoms with Crippen molar-refractivity contribution >= 4 is 11.9 Å². The van der Waals surface area contributed by atoms with Crippen molar-refractivity contribution in [3.05, 3.63) is 0 Å². The number of carbonyl (C=O) groups is 2. The molecule has 120 valence electrons. The van der Waals surface area contributed by atoms with E-state index >= 15 is 0 Å². The quantitative estimate of drug-likeness (QED) is 0.724. The molecule has 2 fully saturated rings. The molecule has 2 aliphatic rings. The van der Waals surface area contributed by atoms with Crippen LogP contribution in [0.2, 0.25) is 0 Å². The van der Waals surface area contributed by atoms with Gasteiger partial charge in [0.2, 0.25) is 5.91 Å². The Morgan fingerprint density at radius 3 is 2.57 bits per heavy atom. The SMILES string of the molecule is CC(C)C[C@H](NC(=O)C1CCC2CCCCC2N1)C(=O)O. The van der Waals surface area contributed by atoms with Gasteiger partial charge in [0.25, 0.3) is 0 Å². The molecule has 0 spiro atoms. The van der Waals surface area contributed by atoms with E-state index in [0.29, 0.717) is 18.4 Å². The molecule has 5 heteroatoms. The molecule has 3 unspecified atom stereocenters. The van der Waals surface area contributed by atoms with Crippen LogP contribution >= 0.6 is 0 Å². The highest BCUT2D eigenvalue weighted by Crippen LogP contribution is 2.32. The average Bonchev–Trinajstić information content (AvgIpc) is 2.45. The monoisotopic (exact) mass is 296 g/mol. The van der Waals surface area contributed by atoms with E-state index in [2.05, 4.69) is 10.6 Å². The number of rotatable bonds is 5. The maximum atomic E-state index is 12.3. The third-order valence-corrected chi connectivity index (χ3v) is 4.79. The molecular weight excluding hydrogens is 268 g/mol. The summed E-state index contributed by atoms with van der Waals surface area (Å²) in [5.74, 6) is -0.141. The lowest BCUT2D eigenvalue weighted by Crippen LogP contribution is -2.57. The van der Waals surface area contributed by atoms with Gasteiger partial charge in [-0.2, -0.15) is 0 Å². The number of piperidine rings is 1. The summed E-state index contributed by atoms with van der Waals surface area (Å²) in [6.07, 6.45) is 7.31. The maximum absolute atomic E-state index is 12.3. The lowest BCUT2D eigenvalue weighted by Gasteiger charge is -2.40. The van der Waals surface area contributed by atoms with E-state index in [1.165, 1.54) is 19.3 Å². The van der Waals surface area contributed by atoms with Gasteiger partial charge in [0.15, 0.2) is 0 Å². The zero-order valence-corrected chi connectivity index (χ0v) is 13.1. The number of hydrogen-bond donors (Lipinski definition) is 3. The highest BCUT2D eigenvalue weighted by atomic mass is 16.4. The number of nitrogens with one attached hydrogen (secondary N) is 2. The summed E-state index contributed by atoms with van der Waals surface area (Å²) < 4.78 is 0. The second-order valence-corrected chi connectivity index (χ2v) is 6.98. The third kappa shape index (κ3) is 4.43. The van der Waals surface area contributed by atoms with Crippen LogP contribution in [0.25, 0.3) is 0 Å². The van der Waals surface area contributed by atoms with Crippen LogP contribution in [-0.4, -0.2) is 35.1 Å². The summed E-state index contributed by atoms with van der Waals surface area (Å²) in [5.41, 5.74) is 0. The number of hydrogen-bond acceptors (Lipinski definition) is 3. The minimum atomic E-state index is -0.941. The number of aliphatic carboxylic acids is 1. The fourth-order valence-electron chi connectivity index (χ4n) is 3.67. The van der Waals surface area contributed by atoms with E-state index in [-0.39, 0.29) is 17.9 Å². The van der Waals surface area contributed by atoms with E-state index in [0.717, 1.165) is 19.3 Å². The first-order valence-corrected chi connectivity index (χ1v) is 8.26. The second kappa shape index (κ2) is 7.25. The average molecular weight is 296 g/mol. The lowest BCUT2D eigenvalue weighted by atomic mass is 9.77. The summed E-state index contributed by atoms with van der Waals surface area (Å²) >= 11 is 0. The van der Waals surface area contributed by atoms with Crippen LogP contribution in [0.1, 0.15) is 58.8 Å². The summed E-state index contributed by atoms with van der Waals surface area (Å²) in [5, 5.41) is 15.4. The molecule has 0 aromatic rings. The van der Waals surface area contributed by atoms with Crippen molar-refractivity contribution in [3.8, 4) is 0 Å². The second-order valence-electron chi connectivity index (χ2n) is 6.98. The van der Waals surface area contributed by atoms with Gasteiger partial charge in [0.05, 0.1) is 6.04 Å². The lowest BCUT2D eigenvalue weighted by molar-refractivity contribution is -0.142. The normalized spacial score (nSPS) is 30.5. The molecule has 1 saturated heterocycles. The van der Waals surface area contributed by atoms with Gasteiger partial charge >= 0.3 is 5.97 Å². The Morgan fingerprint density at radius 1 is 1.19 bits per heavy atom. The van der Waals surface area contributed by atoms with Crippen molar-refractivity contribution in [1.29, 1.82) is 0 Å². The first-order valence-electron chi connectivity index (χ1n) is 8.26. The number of amides is 1. The van der Waals surface area contributed by atoms with Crippen LogP contribution in [0.5, 0.6) is 0 Å². The van der Waals surface area contributed by atoms with Crippen molar-refractivity contribution < 1.29 is 14.7 Å². The molecule has 0 aromatic heterocycles. The van der Waals surface area contributed by atoms with Gasteiger partial charge in [-0.1, -0.05) is 26.7 Å². The Balaban J connectivity index is 1.88. The van der Waals surface area contributed by atoms with E-state index < -0.39 is 12.0 Å². The van der Waals surface area contributed by atoms with Gasteiger partial charge in [-0.25, -0.2) is 4.79 Å². The van der Waals surface area contributed by atoms with Gasteiger partial charge in [-0.3, -0.25) is 4.79 Å². The summed E-state index contributed by atoms with van der Waals surface area (Å²) in [6.45, 7) is 3.93. The molecule has 0 bridgehead atoms. The zero-order chi connectivity index (χ0) is 15.4. The largest absolute Gasteiger partial charge is 0.480 e. The van der Waals surface area contributed by atoms with Gasteiger partial charge in [-0.15, -0.1) is 0 Å². The molecule has 0 radical (unpaired) electrons. The van der Waals surface area contributed by atoms with Crippen LogP contribution in [0.4, 0.5) is 0 Å². The smallest absolute Gasteiger partial charge is 0.326 e. The Kier molecular flexibility index (Phi) is 5.62. The topological polar surface area (TPSA) is 78.4 Å². The standard InChI is InChI=1S/C16H28N2O3/c1-10(2)9-14(16(20)21)18-15(19)13-8-7-11-5-3-4-6-12(11)17-13/h10-14,17H,3-9H2,1-2H3,(H,18,19)(H,20,21)/t11?,12?,13?,14-/m0/s1. The van der Waals surface area contributed by atoms with E-state index in [9.17, 15) is 14.7 Å². The molecule has 3 N–H and O–H groups in total. The van der Waals surface area contributed by atoms with Crippen LogP contribution in [-0.2, 0) is 9.59 Å². The van der Waals surface area contributed by atoms with Crippen molar-refractivity contribution in [2.75, 3.05) is 0 Å². The van der Waals surface area contributed by atoms with Gasteiger partial charge < -0.3 is 15.7 Å². The Hall–Kier alpha value is -1.10. The number of carboxylic acids is 1. The Labute approximate surface area is 126 Å². The molecule has 1 aliphatic heterocycles. The highest BCUT2D eigenvalue weighted by Gasteiger charge is 2.35. The van der Waals surface area contributed by atoms with Gasteiger partial charge in [0, 0.05) is 6.04 Å². The van der Waals surface area contributed by atoms with Gasteiger partial charge in [-0.05, 0) is 43.9 Å². The highest BCUT2D eigenvalue weighted by molar-refractivity contribution is 5.87. The van der Waals surface area contributed by atoms with Crippen LogP contribution in [0.3, 0.4) is 0 Å². The maximum Gasteiger partial charge on any atom is 0.326 e. The molecule has 4 atom stereocenters. The van der Waals surface area contributed by atoms with Crippen LogP contribution in [0.15, 0.2) is 0 Å². The zero-order valence-electron chi connectivity index (χ0n) is 13.1. The van der Waals surface area contributed by atoms with Crippen LogP contribution < -0.4 is 10.6 Å². The fraction of sp³-hybridized carbons (Fsp3) is 0.875. The van der Waals surface area contributed by atoms with Crippen molar-refractivity contribution in [1.82, 2.24) is 10.6 Å².